The van der Waals surface area contributed by atoms with Gasteiger partial charge in [0.1, 0.15) is 0 Å². The fourth-order valence-electron chi connectivity index (χ4n) is 3.80. The number of carbonyl (C=O) groups excluding carboxylic acids is 1. The lowest BCUT2D eigenvalue weighted by Gasteiger charge is -2.15. The van der Waals surface area contributed by atoms with E-state index in [2.05, 4.69) is 16.3 Å². The van der Waals surface area contributed by atoms with Crippen LogP contribution in [0.4, 0.5) is 5.69 Å². The number of aromatic nitrogens is 2. The van der Waals surface area contributed by atoms with Crippen LogP contribution in [0.3, 0.4) is 0 Å². The van der Waals surface area contributed by atoms with Crippen LogP contribution >= 0.6 is 0 Å². The maximum Gasteiger partial charge on any atom is 0.328 e. The molecule has 140 valence electrons. The van der Waals surface area contributed by atoms with Gasteiger partial charge < -0.3 is 5.32 Å². The highest BCUT2D eigenvalue weighted by Gasteiger charge is 2.14. The number of carbonyl (C=O) groups is 1. The van der Waals surface area contributed by atoms with Crippen molar-refractivity contribution in [2.45, 2.75) is 19.4 Å². The summed E-state index contributed by atoms with van der Waals surface area (Å²) in [5.74, 6) is -0.140. The summed E-state index contributed by atoms with van der Waals surface area (Å²) >= 11 is 0. The summed E-state index contributed by atoms with van der Waals surface area (Å²) in [6.07, 6.45) is 2.51. The van der Waals surface area contributed by atoms with Crippen LogP contribution in [0, 0.1) is 0 Å². The second-order valence-electron chi connectivity index (χ2n) is 7.24. The van der Waals surface area contributed by atoms with Crippen LogP contribution in [0.2, 0.25) is 0 Å². The summed E-state index contributed by atoms with van der Waals surface area (Å²) in [5.41, 5.74) is 4.04. The van der Waals surface area contributed by atoms with E-state index in [1.807, 2.05) is 36.4 Å². The van der Waals surface area contributed by atoms with Crippen molar-refractivity contribution in [3.8, 4) is 0 Å². The highest BCUT2D eigenvalue weighted by molar-refractivity contribution is 6.05. The third-order valence-electron chi connectivity index (χ3n) is 5.32. The number of imidazole rings is 1. The molecular weight excluding hydrogens is 340 g/mol. The van der Waals surface area contributed by atoms with E-state index in [0.717, 1.165) is 36.2 Å². The smallest absolute Gasteiger partial charge is 0.322 e. The number of benzene rings is 2. The van der Waals surface area contributed by atoms with Gasteiger partial charge in [-0.15, -0.1) is 0 Å². The minimum Gasteiger partial charge on any atom is -0.322 e. The van der Waals surface area contributed by atoms with Crippen LogP contribution in [-0.2, 0) is 20.6 Å². The van der Waals surface area contributed by atoms with Gasteiger partial charge in [0.05, 0.1) is 11.0 Å². The monoisotopic (exact) mass is 364 g/mol. The molecule has 0 aliphatic carbocycles. The van der Waals surface area contributed by atoms with Crippen molar-refractivity contribution in [1.82, 2.24) is 14.0 Å². The summed E-state index contributed by atoms with van der Waals surface area (Å²) in [4.78, 5) is 27.2. The second kappa shape index (κ2) is 7.04. The Bertz CT molecular complexity index is 1060. The zero-order chi connectivity index (χ0) is 19.0. The molecule has 4 rings (SSSR count). The SMILES string of the molecule is Cn1c(=O)n(C)c2cc(NC(=O)c3cccc(CN4CCCC4)c3)ccc21. The van der Waals surface area contributed by atoms with Crippen molar-refractivity contribution in [1.29, 1.82) is 0 Å². The molecule has 1 aliphatic rings. The molecular formula is C21H24N4O2. The third-order valence-corrected chi connectivity index (χ3v) is 5.32. The maximum atomic E-state index is 12.7. The normalized spacial score (nSPS) is 14.7. The van der Waals surface area contributed by atoms with Crippen LogP contribution in [0.5, 0.6) is 0 Å². The van der Waals surface area contributed by atoms with Gasteiger partial charge in [-0.2, -0.15) is 0 Å². The number of rotatable bonds is 4. The van der Waals surface area contributed by atoms with Crippen molar-refractivity contribution >= 4 is 22.6 Å². The molecule has 6 nitrogen and oxygen atoms in total. The lowest BCUT2D eigenvalue weighted by molar-refractivity contribution is 0.102. The predicted molar refractivity (Wildman–Crippen MR) is 107 cm³/mol. The van der Waals surface area contributed by atoms with Gasteiger partial charge in [0, 0.05) is 31.9 Å². The molecule has 1 saturated heterocycles. The molecule has 1 N–H and O–H groups in total. The lowest BCUT2D eigenvalue weighted by atomic mass is 10.1. The van der Waals surface area contributed by atoms with Crippen molar-refractivity contribution < 1.29 is 4.79 Å². The van der Waals surface area contributed by atoms with Crippen molar-refractivity contribution in [3.63, 3.8) is 0 Å². The molecule has 0 unspecified atom stereocenters. The summed E-state index contributed by atoms with van der Waals surface area (Å²) in [5, 5.41) is 2.95. The van der Waals surface area contributed by atoms with Gasteiger partial charge in [0.15, 0.2) is 0 Å². The van der Waals surface area contributed by atoms with E-state index in [-0.39, 0.29) is 11.6 Å². The standard InChI is InChI=1S/C21H24N4O2/c1-23-18-9-8-17(13-19(18)24(2)21(23)27)22-20(26)16-7-5-6-15(12-16)14-25-10-3-4-11-25/h5-9,12-13H,3-4,10-11,14H2,1-2H3,(H,22,26). The summed E-state index contributed by atoms with van der Waals surface area (Å²) in [6, 6.07) is 13.3. The van der Waals surface area contributed by atoms with Crippen LogP contribution < -0.4 is 11.0 Å². The molecule has 1 amide bonds. The first-order valence-corrected chi connectivity index (χ1v) is 9.31. The summed E-state index contributed by atoms with van der Waals surface area (Å²) in [6.45, 7) is 3.15. The molecule has 0 atom stereocenters. The molecule has 0 saturated carbocycles. The van der Waals surface area contributed by atoms with Crippen LogP contribution in [-0.4, -0.2) is 33.0 Å². The first kappa shape index (κ1) is 17.5. The van der Waals surface area contributed by atoms with Gasteiger partial charge in [-0.3, -0.25) is 18.8 Å². The van der Waals surface area contributed by atoms with Gasteiger partial charge in [0.2, 0.25) is 0 Å². The average Bonchev–Trinajstić information content (AvgIpc) is 3.25. The fourth-order valence-corrected chi connectivity index (χ4v) is 3.80. The van der Waals surface area contributed by atoms with Gasteiger partial charge in [-0.1, -0.05) is 12.1 Å². The Labute approximate surface area is 158 Å². The molecule has 2 aromatic carbocycles. The highest BCUT2D eigenvalue weighted by atomic mass is 16.2. The number of aryl methyl sites for hydroxylation is 2. The molecule has 27 heavy (non-hydrogen) atoms. The van der Waals surface area contributed by atoms with E-state index in [9.17, 15) is 9.59 Å². The molecule has 0 bridgehead atoms. The maximum absolute atomic E-state index is 12.7. The molecule has 0 radical (unpaired) electrons. The quantitative estimate of drug-likeness (QED) is 0.774. The molecule has 1 fully saturated rings. The Morgan fingerprint density at radius 1 is 1.00 bits per heavy atom. The second-order valence-corrected chi connectivity index (χ2v) is 7.24. The van der Waals surface area contributed by atoms with E-state index in [1.165, 1.54) is 12.8 Å². The summed E-state index contributed by atoms with van der Waals surface area (Å²) in [7, 11) is 3.48. The summed E-state index contributed by atoms with van der Waals surface area (Å²) < 4.78 is 3.18. The van der Waals surface area contributed by atoms with Gasteiger partial charge >= 0.3 is 5.69 Å². The van der Waals surface area contributed by atoms with Gasteiger partial charge in [0.25, 0.3) is 5.91 Å². The third kappa shape index (κ3) is 3.40. The molecule has 2 heterocycles. The minimum atomic E-state index is -0.140. The molecule has 1 aromatic heterocycles. The lowest BCUT2D eigenvalue weighted by Crippen LogP contribution is -2.19. The topological polar surface area (TPSA) is 59.3 Å². The highest BCUT2D eigenvalue weighted by Crippen LogP contribution is 2.19. The van der Waals surface area contributed by atoms with E-state index >= 15 is 0 Å². The van der Waals surface area contributed by atoms with Crippen molar-refractivity contribution in [2.24, 2.45) is 14.1 Å². The zero-order valence-corrected chi connectivity index (χ0v) is 15.7. The average molecular weight is 364 g/mol. The number of hydrogen-bond donors (Lipinski definition) is 1. The van der Waals surface area contributed by atoms with E-state index in [4.69, 9.17) is 0 Å². The van der Waals surface area contributed by atoms with E-state index < -0.39 is 0 Å². The Balaban J connectivity index is 1.54. The fraction of sp³-hybridized carbons (Fsp3) is 0.333. The number of nitrogens with one attached hydrogen (secondary N) is 1. The minimum absolute atomic E-state index is 0.0805. The van der Waals surface area contributed by atoms with Gasteiger partial charge in [-0.25, -0.2) is 4.79 Å². The Hall–Kier alpha value is -2.86. The van der Waals surface area contributed by atoms with Gasteiger partial charge in [-0.05, 0) is 61.8 Å². The Morgan fingerprint density at radius 2 is 1.74 bits per heavy atom. The van der Waals surface area contributed by atoms with Crippen LogP contribution in [0.25, 0.3) is 11.0 Å². The molecule has 6 heteroatoms. The number of hydrogen-bond acceptors (Lipinski definition) is 3. The zero-order valence-electron chi connectivity index (χ0n) is 15.7. The number of amides is 1. The largest absolute Gasteiger partial charge is 0.328 e. The first-order chi connectivity index (χ1) is 13.0. The van der Waals surface area contributed by atoms with Crippen molar-refractivity contribution in [2.75, 3.05) is 18.4 Å². The van der Waals surface area contributed by atoms with Crippen LogP contribution in [0.1, 0.15) is 28.8 Å². The molecule has 3 aromatic rings. The van der Waals surface area contributed by atoms with Crippen LogP contribution in [0.15, 0.2) is 47.3 Å². The number of nitrogens with zero attached hydrogens (tertiary/aromatic N) is 3. The first-order valence-electron chi connectivity index (χ1n) is 9.31. The number of anilines is 1. The predicted octanol–water partition coefficient (Wildman–Crippen LogP) is 2.73. The van der Waals surface area contributed by atoms with Crippen molar-refractivity contribution in [3.05, 3.63) is 64.1 Å². The van der Waals surface area contributed by atoms with E-state index in [1.54, 1.807) is 23.2 Å². The number of likely N-dealkylation sites (tertiary alicyclic amines) is 1. The Morgan fingerprint density at radius 3 is 2.52 bits per heavy atom. The van der Waals surface area contributed by atoms with E-state index in [0.29, 0.717) is 11.3 Å². The Kier molecular flexibility index (Phi) is 4.58. The number of fused-ring (bicyclic) bond motifs is 1. The molecule has 0 spiro atoms. The molecule has 1 aliphatic heterocycles.